The molecule has 0 amide bonds. The van der Waals surface area contributed by atoms with Crippen molar-refractivity contribution < 1.29 is 18.8 Å². The molecule has 90 valence electrons. The first kappa shape index (κ1) is 13.2. The molecule has 4 heteroatoms. The second-order valence-corrected chi connectivity index (χ2v) is 3.67. The third kappa shape index (κ3) is 4.68. The van der Waals surface area contributed by atoms with Crippen LogP contribution in [0.5, 0.6) is 0 Å². The molecule has 0 heterocycles. The summed E-state index contributed by atoms with van der Waals surface area (Å²) in [4.78, 5) is 32.9. The fourth-order valence-electron chi connectivity index (χ4n) is 1.38. The molecule has 0 radical (unpaired) electrons. The van der Waals surface area contributed by atoms with Gasteiger partial charge < -0.3 is 4.79 Å². The number of carbonyl (C=O) groups excluding carboxylic acids is 3. The summed E-state index contributed by atoms with van der Waals surface area (Å²) in [6, 6.07) is 5.21. The standard InChI is InChI=1S/C13H13FO3/c14-11-5-3-10(4-6-11)13(17)8-7-12(16)2-1-9-15/h3-6,9H,1-2,7-8H2. The van der Waals surface area contributed by atoms with Crippen molar-refractivity contribution in [3.8, 4) is 0 Å². The van der Waals surface area contributed by atoms with Crippen LogP contribution in [-0.2, 0) is 9.59 Å². The molecule has 0 atom stereocenters. The number of benzene rings is 1. The van der Waals surface area contributed by atoms with Crippen LogP contribution >= 0.6 is 0 Å². The summed E-state index contributed by atoms with van der Waals surface area (Å²) < 4.78 is 12.6. The lowest BCUT2D eigenvalue weighted by Crippen LogP contribution is -2.05. The summed E-state index contributed by atoms with van der Waals surface area (Å²) in [5.74, 6) is -0.694. The van der Waals surface area contributed by atoms with Gasteiger partial charge in [0.2, 0.25) is 0 Å². The Kier molecular flexibility index (Phi) is 5.20. The maximum Gasteiger partial charge on any atom is 0.163 e. The highest BCUT2D eigenvalue weighted by Crippen LogP contribution is 2.08. The molecule has 0 saturated heterocycles. The van der Waals surface area contributed by atoms with Crippen LogP contribution in [0, 0.1) is 5.82 Å². The van der Waals surface area contributed by atoms with Gasteiger partial charge in [0.25, 0.3) is 0 Å². The average molecular weight is 236 g/mol. The molecule has 0 fully saturated rings. The second-order valence-electron chi connectivity index (χ2n) is 3.67. The highest BCUT2D eigenvalue weighted by Gasteiger charge is 2.09. The van der Waals surface area contributed by atoms with Crippen LogP contribution in [0.25, 0.3) is 0 Å². The number of halogens is 1. The molecular weight excluding hydrogens is 223 g/mol. The summed E-state index contributed by atoms with van der Waals surface area (Å²) in [6.45, 7) is 0. The maximum absolute atomic E-state index is 12.6. The molecule has 1 rings (SSSR count). The summed E-state index contributed by atoms with van der Waals surface area (Å²) >= 11 is 0. The van der Waals surface area contributed by atoms with Crippen molar-refractivity contribution >= 4 is 17.9 Å². The van der Waals surface area contributed by atoms with E-state index in [1.54, 1.807) is 0 Å². The zero-order valence-electron chi connectivity index (χ0n) is 9.32. The zero-order chi connectivity index (χ0) is 12.7. The fourth-order valence-corrected chi connectivity index (χ4v) is 1.38. The molecule has 1 aromatic rings. The molecule has 0 bridgehead atoms. The number of carbonyl (C=O) groups is 3. The van der Waals surface area contributed by atoms with Crippen LogP contribution in [0.15, 0.2) is 24.3 Å². The SMILES string of the molecule is O=CCCC(=O)CCC(=O)c1ccc(F)cc1. The number of rotatable bonds is 7. The van der Waals surface area contributed by atoms with Crippen molar-refractivity contribution in [1.29, 1.82) is 0 Å². The van der Waals surface area contributed by atoms with E-state index in [1.165, 1.54) is 24.3 Å². The summed E-state index contributed by atoms with van der Waals surface area (Å²) in [7, 11) is 0. The van der Waals surface area contributed by atoms with Crippen molar-refractivity contribution in [2.45, 2.75) is 25.7 Å². The molecule has 0 aromatic heterocycles. The molecule has 0 unspecified atom stereocenters. The van der Waals surface area contributed by atoms with Crippen LogP contribution in [0.4, 0.5) is 4.39 Å². The van der Waals surface area contributed by atoms with E-state index in [2.05, 4.69) is 0 Å². The summed E-state index contributed by atoms with van der Waals surface area (Å²) in [5, 5.41) is 0. The van der Waals surface area contributed by atoms with Gasteiger partial charge in [0.1, 0.15) is 17.9 Å². The second kappa shape index (κ2) is 6.68. The van der Waals surface area contributed by atoms with E-state index in [0.717, 1.165) is 0 Å². The highest BCUT2D eigenvalue weighted by molar-refractivity contribution is 5.98. The van der Waals surface area contributed by atoms with E-state index >= 15 is 0 Å². The summed E-state index contributed by atoms with van der Waals surface area (Å²) in [6.07, 6.45) is 1.29. The van der Waals surface area contributed by atoms with Gasteiger partial charge in [-0.3, -0.25) is 9.59 Å². The molecule has 1 aromatic carbocycles. The van der Waals surface area contributed by atoms with E-state index in [9.17, 15) is 18.8 Å². The Hall–Kier alpha value is -1.84. The monoisotopic (exact) mass is 236 g/mol. The lowest BCUT2D eigenvalue weighted by molar-refractivity contribution is -0.120. The lowest BCUT2D eigenvalue weighted by atomic mass is 10.0. The van der Waals surface area contributed by atoms with Crippen LogP contribution in [0.2, 0.25) is 0 Å². The van der Waals surface area contributed by atoms with Gasteiger partial charge in [-0.25, -0.2) is 4.39 Å². The van der Waals surface area contributed by atoms with E-state index in [-0.39, 0.29) is 37.2 Å². The highest BCUT2D eigenvalue weighted by atomic mass is 19.1. The van der Waals surface area contributed by atoms with E-state index in [0.29, 0.717) is 11.8 Å². The van der Waals surface area contributed by atoms with Gasteiger partial charge in [0.05, 0.1) is 0 Å². The quantitative estimate of drug-likeness (QED) is 0.539. The Bertz CT molecular complexity index is 409. The van der Waals surface area contributed by atoms with E-state index in [4.69, 9.17) is 0 Å². The third-order valence-electron chi connectivity index (χ3n) is 2.34. The minimum atomic E-state index is -0.399. The minimum Gasteiger partial charge on any atom is -0.303 e. The van der Waals surface area contributed by atoms with E-state index in [1.807, 2.05) is 0 Å². The molecular formula is C13H13FO3. The zero-order valence-corrected chi connectivity index (χ0v) is 9.32. The molecule has 0 saturated carbocycles. The van der Waals surface area contributed by atoms with Crippen LogP contribution in [0.3, 0.4) is 0 Å². The van der Waals surface area contributed by atoms with Gasteiger partial charge in [0, 0.05) is 31.2 Å². The van der Waals surface area contributed by atoms with Crippen molar-refractivity contribution in [2.24, 2.45) is 0 Å². The van der Waals surface area contributed by atoms with E-state index < -0.39 is 5.82 Å². The molecule has 0 aliphatic rings. The predicted molar refractivity (Wildman–Crippen MR) is 60.3 cm³/mol. The van der Waals surface area contributed by atoms with Crippen LogP contribution in [-0.4, -0.2) is 17.9 Å². The van der Waals surface area contributed by atoms with Gasteiger partial charge in [-0.05, 0) is 24.3 Å². The Balaban J connectivity index is 2.42. The normalized spacial score (nSPS) is 9.94. The van der Waals surface area contributed by atoms with Crippen molar-refractivity contribution in [2.75, 3.05) is 0 Å². The fraction of sp³-hybridized carbons (Fsp3) is 0.308. The largest absolute Gasteiger partial charge is 0.303 e. The number of Topliss-reactive ketones (excluding diaryl/α,β-unsaturated/α-hetero) is 2. The Morgan fingerprint density at radius 2 is 1.71 bits per heavy atom. The lowest BCUT2D eigenvalue weighted by Gasteiger charge is -2.00. The molecule has 0 N–H and O–H groups in total. The summed E-state index contributed by atoms with van der Waals surface area (Å²) in [5.41, 5.74) is 0.398. The smallest absolute Gasteiger partial charge is 0.163 e. The first-order valence-corrected chi connectivity index (χ1v) is 5.37. The van der Waals surface area contributed by atoms with Crippen molar-refractivity contribution in [3.05, 3.63) is 35.6 Å². The van der Waals surface area contributed by atoms with Gasteiger partial charge in [0.15, 0.2) is 5.78 Å². The number of hydrogen-bond acceptors (Lipinski definition) is 3. The first-order chi connectivity index (χ1) is 8.13. The van der Waals surface area contributed by atoms with Gasteiger partial charge in [-0.1, -0.05) is 0 Å². The van der Waals surface area contributed by atoms with Crippen LogP contribution < -0.4 is 0 Å². The van der Waals surface area contributed by atoms with Crippen LogP contribution in [0.1, 0.15) is 36.0 Å². The topological polar surface area (TPSA) is 51.2 Å². The predicted octanol–water partition coefficient (Wildman–Crippen LogP) is 2.34. The van der Waals surface area contributed by atoms with Gasteiger partial charge >= 0.3 is 0 Å². The number of ketones is 2. The average Bonchev–Trinajstić information content (AvgIpc) is 2.34. The molecule has 17 heavy (non-hydrogen) atoms. The van der Waals surface area contributed by atoms with Gasteiger partial charge in [-0.2, -0.15) is 0 Å². The molecule has 0 aliphatic heterocycles. The molecule has 0 spiro atoms. The molecule has 0 aliphatic carbocycles. The minimum absolute atomic E-state index is 0.101. The maximum atomic E-state index is 12.6. The van der Waals surface area contributed by atoms with Crippen molar-refractivity contribution in [3.63, 3.8) is 0 Å². The Morgan fingerprint density at radius 1 is 1.06 bits per heavy atom. The van der Waals surface area contributed by atoms with Gasteiger partial charge in [-0.15, -0.1) is 0 Å². The third-order valence-corrected chi connectivity index (χ3v) is 2.34. The number of aldehydes is 1. The Morgan fingerprint density at radius 3 is 2.29 bits per heavy atom. The first-order valence-electron chi connectivity index (χ1n) is 5.37. The Labute approximate surface area is 98.6 Å². The number of hydrogen-bond donors (Lipinski definition) is 0. The van der Waals surface area contributed by atoms with Crippen molar-refractivity contribution in [1.82, 2.24) is 0 Å². The molecule has 3 nitrogen and oxygen atoms in total.